The predicted molar refractivity (Wildman–Crippen MR) is 74.5 cm³/mol. The normalized spacial score (nSPS) is 11.2. The summed E-state index contributed by atoms with van der Waals surface area (Å²) in [6.45, 7) is 0.291. The quantitative estimate of drug-likeness (QED) is 0.912. The van der Waals surface area contributed by atoms with E-state index < -0.39 is 24.9 Å². The molecule has 1 aromatic heterocycles. The molecule has 0 aliphatic carbocycles. The molecule has 1 aromatic carbocycles. The lowest BCUT2D eigenvalue weighted by molar-refractivity contribution is 0.0116. The molecule has 1 heterocycles. The van der Waals surface area contributed by atoms with Crippen molar-refractivity contribution in [2.45, 2.75) is 12.8 Å². The second-order valence-corrected chi connectivity index (χ2v) is 4.39. The molecule has 0 saturated carbocycles. The van der Waals surface area contributed by atoms with Gasteiger partial charge in [-0.15, -0.1) is 12.4 Å². The lowest BCUT2D eigenvalue weighted by Gasteiger charge is -2.13. The number of rotatable bonds is 4. The van der Waals surface area contributed by atoms with E-state index in [1.165, 1.54) is 6.07 Å². The molecule has 7 heteroatoms. The molecule has 0 unspecified atom stereocenters. The van der Waals surface area contributed by atoms with Crippen LogP contribution in [0.4, 0.5) is 8.78 Å². The number of hydrogen-bond acceptors (Lipinski definition) is 3. The Morgan fingerprint density at radius 2 is 2.10 bits per heavy atom. The van der Waals surface area contributed by atoms with Gasteiger partial charge in [0.25, 0.3) is 11.8 Å². The first-order valence-electron chi connectivity index (χ1n) is 5.77. The molecule has 0 spiro atoms. The number of hydrogen-bond donors (Lipinski definition) is 2. The average molecular weight is 305 g/mol. The molecule has 1 amide bonds. The van der Waals surface area contributed by atoms with Crippen LogP contribution in [0, 0.1) is 6.92 Å². The monoisotopic (exact) mass is 304 g/mol. The van der Waals surface area contributed by atoms with Crippen molar-refractivity contribution in [3.63, 3.8) is 0 Å². The van der Waals surface area contributed by atoms with Gasteiger partial charge in [-0.05, 0) is 25.1 Å². The van der Waals surface area contributed by atoms with Gasteiger partial charge in [-0.25, -0.2) is 8.78 Å². The Hall–Kier alpha value is -1.66. The van der Waals surface area contributed by atoms with Crippen LogP contribution in [0.15, 0.2) is 28.7 Å². The van der Waals surface area contributed by atoms with E-state index in [1.54, 1.807) is 6.07 Å². The Bertz CT molecular complexity index is 613. The number of carbonyl (C=O) groups is 1. The van der Waals surface area contributed by atoms with Crippen molar-refractivity contribution in [2.24, 2.45) is 5.73 Å². The number of benzene rings is 1. The van der Waals surface area contributed by atoms with Crippen molar-refractivity contribution >= 4 is 29.3 Å². The zero-order valence-corrected chi connectivity index (χ0v) is 11.6. The SMILES string of the molecule is Cc1ccc2oc(C(=O)NCC(F)(F)CN)cc2c1.Cl. The molecule has 0 bridgehead atoms. The van der Waals surface area contributed by atoms with E-state index in [0.717, 1.165) is 10.9 Å². The topological polar surface area (TPSA) is 68.3 Å². The van der Waals surface area contributed by atoms with Gasteiger partial charge < -0.3 is 15.5 Å². The van der Waals surface area contributed by atoms with E-state index in [-0.39, 0.29) is 18.2 Å². The van der Waals surface area contributed by atoms with Crippen molar-refractivity contribution in [1.82, 2.24) is 5.32 Å². The van der Waals surface area contributed by atoms with Gasteiger partial charge in [0, 0.05) is 5.39 Å². The molecule has 0 fully saturated rings. The predicted octanol–water partition coefficient (Wildman–Crippen LogP) is 2.49. The summed E-state index contributed by atoms with van der Waals surface area (Å²) in [5.41, 5.74) is 6.45. The second-order valence-electron chi connectivity index (χ2n) is 4.39. The highest BCUT2D eigenvalue weighted by molar-refractivity contribution is 5.96. The molecule has 0 saturated heterocycles. The minimum absolute atomic E-state index is 0. The van der Waals surface area contributed by atoms with Gasteiger partial charge in [0.1, 0.15) is 5.58 Å². The van der Waals surface area contributed by atoms with Crippen LogP contribution in [0.3, 0.4) is 0 Å². The van der Waals surface area contributed by atoms with Gasteiger partial charge in [0.15, 0.2) is 5.76 Å². The van der Waals surface area contributed by atoms with Crippen LogP contribution in [0.2, 0.25) is 0 Å². The van der Waals surface area contributed by atoms with Gasteiger partial charge in [-0.3, -0.25) is 4.79 Å². The summed E-state index contributed by atoms with van der Waals surface area (Å²) < 4.78 is 31.1. The van der Waals surface area contributed by atoms with Crippen LogP contribution in [-0.2, 0) is 0 Å². The number of amides is 1. The van der Waals surface area contributed by atoms with Crippen LogP contribution < -0.4 is 11.1 Å². The van der Waals surface area contributed by atoms with E-state index in [0.29, 0.717) is 5.58 Å². The molecule has 0 atom stereocenters. The van der Waals surface area contributed by atoms with E-state index >= 15 is 0 Å². The molecule has 0 aliphatic rings. The van der Waals surface area contributed by atoms with Crippen molar-refractivity contribution in [3.8, 4) is 0 Å². The zero-order valence-electron chi connectivity index (χ0n) is 10.8. The standard InChI is InChI=1S/C13H14F2N2O2.ClH/c1-8-2-3-10-9(4-8)5-11(19-10)12(18)17-7-13(14,15)6-16;/h2-5H,6-7,16H2,1H3,(H,17,18);1H. The minimum Gasteiger partial charge on any atom is -0.451 e. The summed E-state index contributed by atoms with van der Waals surface area (Å²) in [5, 5.41) is 2.86. The third kappa shape index (κ3) is 3.68. The zero-order chi connectivity index (χ0) is 14.0. The van der Waals surface area contributed by atoms with E-state index in [4.69, 9.17) is 10.2 Å². The summed E-state index contributed by atoms with van der Waals surface area (Å²) in [4.78, 5) is 11.7. The number of alkyl halides is 2. The number of halogens is 3. The third-order valence-corrected chi connectivity index (χ3v) is 2.70. The Balaban J connectivity index is 0.00000200. The summed E-state index contributed by atoms with van der Waals surface area (Å²) in [6, 6.07) is 6.95. The van der Waals surface area contributed by atoms with Crippen molar-refractivity contribution in [3.05, 3.63) is 35.6 Å². The summed E-state index contributed by atoms with van der Waals surface area (Å²) >= 11 is 0. The van der Waals surface area contributed by atoms with Crippen LogP contribution in [0.5, 0.6) is 0 Å². The molecule has 0 radical (unpaired) electrons. The number of fused-ring (bicyclic) bond motifs is 1. The summed E-state index contributed by atoms with van der Waals surface area (Å²) in [6.07, 6.45) is 0. The Morgan fingerprint density at radius 1 is 1.40 bits per heavy atom. The van der Waals surface area contributed by atoms with Crippen LogP contribution in [0.1, 0.15) is 16.1 Å². The fourth-order valence-corrected chi connectivity index (χ4v) is 1.64. The summed E-state index contributed by atoms with van der Waals surface area (Å²) in [5.74, 6) is -3.78. The summed E-state index contributed by atoms with van der Waals surface area (Å²) in [7, 11) is 0. The molecule has 2 rings (SSSR count). The number of nitrogens with one attached hydrogen (secondary N) is 1. The molecular weight excluding hydrogens is 290 g/mol. The third-order valence-electron chi connectivity index (χ3n) is 2.70. The molecule has 20 heavy (non-hydrogen) atoms. The Labute approximate surface area is 120 Å². The molecule has 3 N–H and O–H groups in total. The number of furan rings is 1. The van der Waals surface area contributed by atoms with Crippen molar-refractivity contribution < 1.29 is 18.0 Å². The minimum atomic E-state index is -3.11. The number of nitrogens with two attached hydrogens (primary N) is 1. The maximum Gasteiger partial charge on any atom is 0.287 e. The first kappa shape index (κ1) is 16.4. The highest BCUT2D eigenvalue weighted by Crippen LogP contribution is 2.20. The van der Waals surface area contributed by atoms with E-state index in [1.807, 2.05) is 19.1 Å². The van der Waals surface area contributed by atoms with E-state index in [2.05, 4.69) is 5.32 Å². The maximum atomic E-state index is 12.9. The fourth-order valence-electron chi connectivity index (χ4n) is 1.64. The molecule has 110 valence electrons. The first-order chi connectivity index (χ1) is 8.91. The Kier molecular flexibility index (Phi) is 5.08. The van der Waals surface area contributed by atoms with E-state index in [9.17, 15) is 13.6 Å². The lowest BCUT2D eigenvalue weighted by Crippen LogP contribution is -2.41. The first-order valence-corrected chi connectivity index (χ1v) is 5.77. The van der Waals surface area contributed by atoms with Gasteiger partial charge >= 0.3 is 0 Å². The molecule has 4 nitrogen and oxygen atoms in total. The average Bonchev–Trinajstić information content (AvgIpc) is 2.79. The maximum absolute atomic E-state index is 12.9. The van der Waals surface area contributed by atoms with Gasteiger partial charge in [0.2, 0.25) is 0 Å². The van der Waals surface area contributed by atoms with Crippen LogP contribution >= 0.6 is 12.4 Å². The molecule has 0 aliphatic heterocycles. The van der Waals surface area contributed by atoms with Crippen LogP contribution in [0.25, 0.3) is 11.0 Å². The van der Waals surface area contributed by atoms with Gasteiger partial charge in [-0.1, -0.05) is 11.6 Å². The van der Waals surface area contributed by atoms with Gasteiger partial charge in [-0.2, -0.15) is 0 Å². The highest BCUT2D eigenvalue weighted by Gasteiger charge is 2.27. The second kappa shape index (κ2) is 6.19. The number of carbonyl (C=O) groups excluding carboxylic acids is 1. The fraction of sp³-hybridized carbons (Fsp3) is 0.308. The molecule has 2 aromatic rings. The molecular formula is C13H15ClF2N2O2. The smallest absolute Gasteiger partial charge is 0.287 e. The van der Waals surface area contributed by atoms with Crippen molar-refractivity contribution in [2.75, 3.05) is 13.1 Å². The highest BCUT2D eigenvalue weighted by atomic mass is 35.5. The number of aryl methyl sites for hydroxylation is 1. The van der Waals surface area contributed by atoms with Gasteiger partial charge in [0.05, 0.1) is 13.1 Å². The Morgan fingerprint density at radius 3 is 2.75 bits per heavy atom. The lowest BCUT2D eigenvalue weighted by atomic mass is 10.2. The van der Waals surface area contributed by atoms with Crippen LogP contribution in [-0.4, -0.2) is 24.9 Å². The van der Waals surface area contributed by atoms with Crippen molar-refractivity contribution in [1.29, 1.82) is 0 Å². The largest absolute Gasteiger partial charge is 0.451 e.